The van der Waals surface area contributed by atoms with Crippen LogP contribution in [-0.2, 0) is 11.2 Å². The molecule has 22 heavy (non-hydrogen) atoms. The summed E-state index contributed by atoms with van der Waals surface area (Å²) in [5.41, 5.74) is 6.30. The number of anilines is 1. The number of nitrogens with zero attached hydrogens (tertiary/aromatic N) is 4. The Morgan fingerprint density at radius 1 is 1.23 bits per heavy atom. The molecule has 3 aliphatic rings. The highest BCUT2D eigenvalue weighted by Gasteiger charge is 2.31. The SMILES string of the molecule is NC1Cc2sc(N3CCOCC3)nc2N=C1N1CC[C@@H](O)C1. The molecule has 1 unspecified atom stereocenters. The van der Waals surface area contributed by atoms with Gasteiger partial charge in [0.1, 0.15) is 5.84 Å². The Morgan fingerprint density at radius 3 is 2.77 bits per heavy atom. The summed E-state index contributed by atoms with van der Waals surface area (Å²) in [7, 11) is 0. The maximum Gasteiger partial charge on any atom is 0.187 e. The summed E-state index contributed by atoms with van der Waals surface area (Å²) in [6, 6.07) is -0.101. The molecular weight excluding hydrogens is 302 g/mol. The number of fused-ring (bicyclic) bond motifs is 1. The van der Waals surface area contributed by atoms with Crippen molar-refractivity contribution in [1.82, 2.24) is 9.88 Å². The molecule has 1 aromatic rings. The second-order valence-corrected chi connectivity index (χ2v) is 7.07. The topological polar surface area (TPSA) is 87.2 Å². The minimum Gasteiger partial charge on any atom is -0.391 e. The number of hydrogen-bond donors (Lipinski definition) is 2. The van der Waals surface area contributed by atoms with Crippen LogP contribution >= 0.6 is 11.3 Å². The van der Waals surface area contributed by atoms with E-state index in [2.05, 4.69) is 9.80 Å². The van der Waals surface area contributed by atoms with Crippen LogP contribution in [0.5, 0.6) is 0 Å². The first kappa shape index (κ1) is 14.4. The smallest absolute Gasteiger partial charge is 0.187 e. The maximum atomic E-state index is 9.72. The Balaban J connectivity index is 1.59. The number of morpholine rings is 1. The Hall–Kier alpha value is -1.22. The number of hydrogen-bond acceptors (Lipinski definition) is 8. The Labute approximate surface area is 133 Å². The lowest BCUT2D eigenvalue weighted by Crippen LogP contribution is -2.45. The molecule has 120 valence electrons. The van der Waals surface area contributed by atoms with Gasteiger partial charge in [-0.25, -0.2) is 9.98 Å². The lowest BCUT2D eigenvalue weighted by atomic mass is 10.1. The number of aliphatic imine (C=N–C) groups is 1. The van der Waals surface area contributed by atoms with Crippen molar-refractivity contribution in [2.75, 3.05) is 44.3 Å². The summed E-state index contributed by atoms with van der Waals surface area (Å²) >= 11 is 1.70. The van der Waals surface area contributed by atoms with Crippen molar-refractivity contribution in [3.8, 4) is 0 Å². The van der Waals surface area contributed by atoms with E-state index in [1.54, 1.807) is 11.3 Å². The van der Waals surface area contributed by atoms with Gasteiger partial charge in [0.15, 0.2) is 10.9 Å². The molecule has 3 N–H and O–H groups in total. The van der Waals surface area contributed by atoms with E-state index in [4.69, 9.17) is 20.4 Å². The molecule has 2 atom stereocenters. The van der Waals surface area contributed by atoms with Crippen LogP contribution in [0.1, 0.15) is 11.3 Å². The van der Waals surface area contributed by atoms with Crippen LogP contribution in [0.25, 0.3) is 0 Å². The fourth-order valence-corrected chi connectivity index (χ4v) is 4.29. The highest BCUT2D eigenvalue weighted by atomic mass is 32.1. The van der Waals surface area contributed by atoms with Gasteiger partial charge in [-0.05, 0) is 6.42 Å². The molecule has 4 heterocycles. The number of aromatic nitrogens is 1. The fourth-order valence-electron chi connectivity index (χ4n) is 3.18. The molecule has 3 aliphatic heterocycles. The van der Waals surface area contributed by atoms with E-state index in [0.717, 1.165) is 67.4 Å². The number of thiazole rings is 1. The van der Waals surface area contributed by atoms with Gasteiger partial charge in [-0.1, -0.05) is 11.3 Å². The van der Waals surface area contributed by atoms with Crippen molar-refractivity contribution in [2.24, 2.45) is 10.7 Å². The van der Waals surface area contributed by atoms with Crippen LogP contribution in [0.2, 0.25) is 0 Å². The highest BCUT2D eigenvalue weighted by Crippen LogP contribution is 2.36. The van der Waals surface area contributed by atoms with Crippen molar-refractivity contribution in [1.29, 1.82) is 0 Å². The average molecular weight is 323 g/mol. The van der Waals surface area contributed by atoms with Gasteiger partial charge < -0.3 is 25.4 Å². The fraction of sp³-hybridized carbons (Fsp3) is 0.714. The third-order valence-electron chi connectivity index (χ3n) is 4.39. The van der Waals surface area contributed by atoms with E-state index in [1.807, 2.05) is 0 Å². The molecule has 7 nitrogen and oxygen atoms in total. The number of amidine groups is 1. The van der Waals surface area contributed by atoms with E-state index in [0.29, 0.717) is 6.54 Å². The van der Waals surface area contributed by atoms with E-state index in [-0.39, 0.29) is 12.1 Å². The van der Waals surface area contributed by atoms with Crippen LogP contribution in [0.3, 0.4) is 0 Å². The third-order valence-corrected chi connectivity index (χ3v) is 5.52. The van der Waals surface area contributed by atoms with Gasteiger partial charge in [0.2, 0.25) is 0 Å². The quantitative estimate of drug-likeness (QED) is 0.754. The van der Waals surface area contributed by atoms with Gasteiger partial charge in [-0.2, -0.15) is 0 Å². The maximum absolute atomic E-state index is 9.72. The molecule has 0 saturated carbocycles. The molecule has 1 aromatic heterocycles. The first-order valence-corrected chi connectivity index (χ1v) is 8.62. The Kier molecular flexibility index (Phi) is 3.77. The minimum absolute atomic E-state index is 0.101. The summed E-state index contributed by atoms with van der Waals surface area (Å²) in [4.78, 5) is 14.9. The van der Waals surface area contributed by atoms with Crippen LogP contribution < -0.4 is 10.6 Å². The summed E-state index contributed by atoms with van der Waals surface area (Å²) in [6.07, 6.45) is 1.30. The molecule has 2 saturated heterocycles. The van der Waals surface area contributed by atoms with E-state index >= 15 is 0 Å². The van der Waals surface area contributed by atoms with Crippen molar-refractivity contribution in [3.05, 3.63) is 4.88 Å². The number of aliphatic hydroxyl groups excluding tert-OH is 1. The molecular formula is C14H21N5O2S. The second-order valence-electron chi connectivity index (χ2n) is 6.01. The summed E-state index contributed by atoms with van der Waals surface area (Å²) in [6.45, 7) is 4.72. The first-order chi connectivity index (χ1) is 10.7. The molecule has 0 aliphatic carbocycles. The van der Waals surface area contributed by atoms with E-state index < -0.39 is 0 Å². The van der Waals surface area contributed by atoms with Gasteiger partial charge >= 0.3 is 0 Å². The van der Waals surface area contributed by atoms with Crippen LogP contribution in [0.15, 0.2) is 4.99 Å². The van der Waals surface area contributed by atoms with E-state index in [9.17, 15) is 5.11 Å². The largest absolute Gasteiger partial charge is 0.391 e. The number of β-amino-alcohol motifs (C(OH)–C–C–N with tert-alkyl or cyclic N) is 1. The standard InChI is InChI=1S/C14H21N5O2S/c15-10-7-11-12(16-13(10)19-2-1-9(20)8-19)17-14(22-11)18-3-5-21-6-4-18/h9-10,20H,1-8,15H2/t9-,10?/m1/s1. The van der Waals surface area contributed by atoms with E-state index in [1.165, 1.54) is 0 Å². The van der Waals surface area contributed by atoms with Gasteiger partial charge in [-0.15, -0.1) is 0 Å². The Morgan fingerprint density at radius 2 is 2.05 bits per heavy atom. The average Bonchev–Trinajstić information content (AvgIpc) is 3.13. The first-order valence-electron chi connectivity index (χ1n) is 7.80. The van der Waals surface area contributed by atoms with Gasteiger partial charge in [0, 0.05) is 32.6 Å². The molecule has 0 aromatic carbocycles. The second kappa shape index (κ2) is 5.77. The third kappa shape index (κ3) is 2.60. The van der Waals surface area contributed by atoms with Gasteiger partial charge in [0.25, 0.3) is 0 Å². The lowest BCUT2D eigenvalue weighted by Gasteiger charge is -2.27. The van der Waals surface area contributed by atoms with Gasteiger partial charge in [0.05, 0.1) is 30.2 Å². The molecule has 0 bridgehead atoms. The normalized spacial score (nSPS) is 28.7. The number of nitrogens with two attached hydrogens (primary N) is 1. The summed E-state index contributed by atoms with van der Waals surface area (Å²) in [5, 5.41) is 10.7. The predicted octanol–water partition coefficient (Wildman–Crippen LogP) is -0.0403. The van der Waals surface area contributed by atoms with Crippen LogP contribution in [0, 0.1) is 0 Å². The number of rotatable bonds is 1. The highest BCUT2D eigenvalue weighted by molar-refractivity contribution is 7.16. The zero-order valence-electron chi connectivity index (χ0n) is 12.4. The molecule has 4 rings (SSSR count). The van der Waals surface area contributed by atoms with Gasteiger partial charge in [-0.3, -0.25) is 0 Å². The predicted molar refractivity (Wildman–Crippen MR) is 86.1 cm³/mol. The summed E-state index contributed by atoms with van der Waals surface area (Å²) < 4.78 is 5.39. The van der Waals surface area contributed by atoms with Crippen LogP contribution in [0.4, 0.5) is 10.9 Å². The van der Waals surface area contributed by atoms with Crippen molar-refractivity contribution < 1.29 is 9.84 Å². The summed E-state index contributed by atoms with van der Waals surface area (Å²) in [5.74, 6) is 1.69. The number of aliphatic hydroxyl groups is 1. The van der Waals surface area contributed by atoms with Crippen molar-refractivity contribution in [3.63, 3.8) is 0 Å². The zero-order valence-corrected chi connectivity index (χ0v) is 13.3. The number of ether oxygens (including phenoxy) is 1. The molecule has 0 radical (unpaired) electrons. The molecule has 0 spiro atoms. The number of likely N-dealkylation sites (tertiary alicyclic amines) is 1. The molecule has 8 heteroatoms. The monoisotopic (exact) mass is 323 g/mol. The molecule has 2 fully saturated rings. The Bertz CT molecular complexity index is 584. The van der Waals surface area contributed by atoms with Crippen molar-refractivity contribution >= 4 is 28.1 Å². The lowest BCUT2D eigenvalue weighted by molar-refractivity contribution is 0.122. The van der Waals surface area contributed by atoms with Crippen LogP contribution in [-0.4, -0.2) is 72.4 Å². The minimum atomic E-state index is -0.268. The molecule has 0 amide bonds. The van der Waals surface area contributed by atoms with Crippen molar-refractivity contribution in [2.45, 2.75) is 25.0 Å². The zero-order chi connectivity index (χ0) is 15.1.